The number of thioether (sulfide) groups is 1. The molecule has 0 bridgehead atoms. The van der Waals surface area contributed by atoms with Crippen molar-refractivity contribution in [3.8, 4) is 39.3 Å². The van der Waals surface area contributed by atoms with Crippen LogP contribution in [0.4, 0.5) is 0 Å². The molecule has 4 rings (SSSR count). The average molecular weight is 530 g/mol. The van der Waals surface area contributed by atoms with Gasteiger partial charge in [0.1, 0.15) is 5.75 Å². The standard InChI is InChI=1S/C25H22Cl2N4OS2/c1-13(2)33-24-23(17-6-7-20(26)21(27)11-17)29-25(34-24)31-15(4)22(14(3)30-31)18-8-16(12-28)9-19(10-18)32-5/h6-11,13H,1-5H3. The lowest BCUT2D eigenvalue weighted by molar-refractivity contribution is 0.415. The Morgan fingerprint density at radius 1 is 1.09 bits per heavy atom. The molecule has 2 heterocycles. The third kappa shape index (κ3) is 4.82. The fraction of sp³-hybridized carbons (Fsp3) is 0.240. The number of methoxy groups -OCH3 is 1. The number of halogens is 2. The summed E-state index contributed by atoms with van der Waals surface area (Å²) in [7, 11) is 1.59. The van der Waals surface area contributed by atoms with E-state index in [1.807, 2.05) is 42.8 Å². The molecule has 9 heteroatoms. The molecule has 0 aliphatic heterocycles. The number of aryl methyl sites for hydroxylation is 1. The summed E-state index contributed by atoms with van der Waals surface area (Å²) in [6.45, 7) is 8.28. The Morgan fingerprint density at radius 3 is 2.50 bits per heavy atom. The maximum absolute atomic E-state index is 9.45. The van der Waals surface area contributed by atoms with Crippen LogP contribution in [0.5, 0.6) is 5.75 Å². The minimum absolute atomic E-state index is 0.382. The van der Waals surface area contributed by atoms with E-state index >= 15 is 0 Å². The van der Waals surface area contributed by atoms with Crippen molar-refractivity contribution in [2.24, 2.45) is 0 Å². The molecule has 0 spiro atoms. The first-order valence-electron chi connectivity index (χ1n) is 10.5. The highest BCUT2D eigenvalue weighted by atomic mass is 35.5. The monoisotopic (exact) mass is 528 g/mol. The van der Waals surface area contributed by atoms with Gasteiger partial charge < -0.3 is 4.74 Å². The number of ether oxygens (including phenoxy) is 1. The summed E-state index contributed by atoms with van der Waals surface area (Å²) in [6.07, 6.45) is 0. The van der Waals surface area contributed by atoms with Crippen LogP contribution in [0.1, 0.15) is 30.8 Å². The van der Waals surface area contributed by atoms with Crippen molar-refractivity contribution in [3.05, 3.63) is 63.4 Å². The van der Waals surface area contributed by atoms with Crippen LogP contribution in [0.15, 0.2) is 40.6 Å². The molecule has 174 valence electrons. The van der Waals surface area contributed by atoms with Gasteiger partial charge in [-0.3, -0.25) is 0 Å². The molecule has 5 nitrogen and oxygen atoms in total. The van der Waals surface area contributed by atoms with Crippen LogP contribution < -0.4 is 4.74 Å². The Hall–Kier alpha value is -2.50. The van der Waals surface area contributed by atoms with Crippen molar-refractivity contribution in [2.75, 3.05) is 7.11 Å². The van der Waals surface area contributed by atoms with Crippen LogP contribution in [0.25, 0.3) is 27.5 Å². The van der Waals surface area contributed by atoms with Gasteiger partial charge in [0.15, 0.2) is 0 Å². The molecule has 0 aliphatic carbocycles. The highest BCUT2D eigenvalue weighted by molar-refractivity contribution is 8.01. The predicted molar refractivity (Wildman–Crippen MR) is 142 cm³/mol. The second-order valence-electron chi connectivity index (χ2n) is 7.95. The van der Waals surface area contributed by atoms with E-state index in [1.165, 1.54) is 0 Å². The molecule has 0 amide bonds. The van der Waals surface area contributed by atoms with Crippen molar-refractivity contribution in [1.82, 2.24) is 14.8 Å². The van der Waals surface area contributed by atoms with Crippen molar-refractivity contribution in [1.29, 1.82) is 5.26 Å². The van der Waals surface area contributed by atoms with Gasteiger partial charge in [-0.1, -0.05) is 54.5 Å². The number of hydrogen-bond acceptors (Lipinski definition) is 6. The lowest BCUT2D eigenvalue weighted by atomic mass is 10.0. The zero-order valence-corrected chi connectivity index (χ0v) is 22.5. The molecule has 2 aromatic heterocycles. The molecule has 0 N–H and O–H groups in total. The summed E-state index contributed by atoms with van der Waals surface area (Å²) in [5.41, 5.74) is 5.93. The van der Waals surface area contributed by atoms with Crippen LogP contribution in [0.3, 0.4) is 0 Å². The summed E-state index contributed by atoms with van der Waals surface area (Å²) in [5, 5.41) is 16.4. The second kappa shape index (κ2) is 10.0. The first-order chi connectivity index (χ1) is 16.2. The number of nitriles is 1. The van der Waals surface area contributed by atoms with Crippen LogP contribution in [0, 0.1) is 25.2 Å². The fourth-order valence-corrected chi connectivity index (χ4v) is 6.50. The van der Waals surface area contributed by atoms with Gasteiger partial charge in [-0.15, -0.1) is 11.8 Å². The van der Waals surface area contributed by atoms with E-state index in [0.29, 0.717) is 26.6 Å². The molecule has 0 unspecified atom stereocenters. The number of rotatable bonds is 6. The lowest BCUT2D eigenvalue weighted by Gasteiger charge is -2.07. The van der Waals surface area contributed by atoms with E-state index in [1.54, 1.807) is 42.3 Å². The molecule has 0 atom stereocenters. The summed E-state index contributed by atoms with van der Waals surface area (Å²) in [4.78, 5) is 4.97. The van der Waals surface area contributed by atoms with E-state index in [9.17, 15) is 5.26 Å². The lowest BCUT2D eigenvalue weighted by Crippen LogP contribution is -1.98. The Kier molecular flexibility index (Phi) is 7.25. The third-order valence-electron chi connectivity index (χ3n) is 5.15. The van der Waals surface area contributed by atoms with E-state index in [4.69, 9.17) is 38.0 Å². The van der Waals surface area contributed by atoms with Gasteiger partial charge in [-0.2, -0.15) is 10.4 Å². The molecule has 34 heavy (non-hydrogen) atoms. The Labute approximate surface area is 217 Å². The Balaban J connectivity index is 1.86. The molecule has 0 saturated heterocycles. The molecule has 2 aromatic carbocycles. The summed E-state index contributed by atoms with van der Waals surface area (Å²) < 4.78 is 8.36. The Morgan fingerprint density at radius 2 is 1.85 bits per heavy atom. The summed E-state index contributed by atoms with van der Waals surface area (Å²) in [5.74, 6) is 0.632. The Bertz CT molecular complexity index is 1420. The SMILES string of the molecule is COc1cc(C#N)cc(-c2c(C)nn(-c3nc(-c4ccc(Cl)c(Cl)c4)c(SC(C)C)s3)c2C)c1. The van der Waals surface area contributed by atoms with Gasteiger partial charge in [-0.05, 0) is 49.7 Å². The van der Waals surface area contributed by atoms with Crippen molar-refractivity contribution in [2.45, 2.75) is 37.2 Å². The quantitative estimate of drug-likeness (QED) is 0.237. The van der Waals surface area contributed by atoms with Crippen LogP contribution >= 0.6 is 46.3 Å². The molecular formula is C25H22Cl2N4OS2. The first-order valence-corrected chi connectivity index (χ1v) is 13.0. The van der Waals surface area contributed by atoms with Gasteiger partial charge >= 0.3 is 0 Å². The number of aromatic nitrogens is 3. The van der Waals surface area contributed by atoms with Gasteiger partial charge in [0.25, 0.3) is 0 Å². The van der Waals surface area contributed by atoms with Crippen LogP contribution in [0.2, 0.25) is 10.0 Å². The van der Waals surface area contributed by atoms with Gasteiger partial charge in [0, 0.05) is 16.4 Å². The minimum atomic E-state index is 0.382. The summed E-state index contributed by atoms with van der Waals surface area (Å²) in [6, 6.07) is 13.3. The van der Waals surface area contributed by atoms with Crippen LogP contribution in [-0.2, 0) is 0 Å². The van der Waals surface area contributed by atoms with Crippen molar-refractivity contribution < 1.29 is 4.74 Å². The molecule has 0 radical (unpaired) electrons. The fourth-order valence-electron chi connectivity index (χ4n) is 3.68. The van der Waals surface area contributed by atoms with Gasteiger partial charge in [0.05, 0.1) is 50.1 Å². The van der Waals surface area contributed by atoms with Gasteiger partial charge in [0.2, 0.25) is 5.13 Å². The molecular weight excluding hydrogens is 507 g/mol. The van der Waals surface area contributed by atoms with Crippen LogP contribution in [-0.4, -0.2) is 27.1 Å². The number of thiazole rings is 1. The van der Waals surface area contributed by atoms with Crippen molar-refractivity contribution in [3.63, 3.8) is 0 Å². The third-order valence-corrected chi connectivity index (χ3v) is 8.14. The molecule has 4 aromatic rings. The van der Waals surface area contributed by atoms with E-state index in [0.717, 1.165) is 43.1 Å². The summed E-state index contributed by atoms with van der Waals surface area (Å²) >= 11 is 15.8. The highest BCUT2D eigenvalue weighted by Crippen LogP contribution is 2.42. The topological polar surface area (TPSA) is 63.7 Å². The maximum Gasteiger partial charge on any atom is 0.212 e. The number of hydrogen-bond donors (Lipinski definition) is 0. The van der Waals surface area contributed by atoms with E-state index in [2.05, 4.69) is 19.9 Å². The first kappa shape index (κ1) is 24.6. The molecule has 0 fully saturated rings. The number of benzene rings is 2. The largest absolute Gasteiger partial charge is 0.497 e. The van der Waals surface area contributed by atoms with E-state index in [-0.39, 0.29) is 0 Å². The second-order valence-corrected chi connectivity index (χ2v) is 11.6. The average Bonchev–Trinajstić information content (AvgIpc) is 3.34. The van der Waals surface area contributed by atoms with Gasteiger partial charge in [-0.25, -0.2) is 9.67 Å². The predicted octanol–water partition coefficient (Wildman–Crippen LogP) is 7.97. The molecule has 0 saturated carbocycles. The molecule has 0 aliphatic rings. The zero-order chi connectivity index (χ0) is 24.6. The minimum Gasteiger partial charge on any atom is -0.497 e. The smallest absolute Gasteiger partial charge is 0.212 e. The van der Waals surface area contributed by atoms with Crippen molar-refractivity contribution >= 4 is 46.3 Å². The van der Waals surface area contributed by atoms with E-state index < -0.39 is 0 Å². The zero-order valence-electron chi connectivity index (χ0n) is 19.3. The maximum atomic E-state index is 9.45. The highest BCUT2D eigenvalue weighted by Gasteiger charge is 2.22. The normalized spacial score (nSPS) is 11.1. The number of nitrogens with zero attached hydrogens (tertiary/aromatic N) is 4.